The van der Waals surface area contributed by atoms with Crippen LogP contribution in [-0.4, -0.2) is 75.8 Å². The number of hydrogen-bond acceptors (Lipinski definition) is 7. The lowest BCUT2D eigenvalue weighted by Gasteiger charge is -2.40. The molecule has 3 rings (SSSR count). The Kier molecular flexibility index (Phi) is 9.11. The second-order valence-corrected chi connectivity index (χ2v) is 16.9. The van der Waals surface area contributed by atoms with Gasteiger partial charge in [0.1, 0.15) is 11.7 Å². The highest BCUT2D eigenvalue weighted by atomic mass is 28.4. The zero-order chi connectivity index (χ0) is 28.3. The number of hydrogen-bond donors (Lipinski definition) is 1. The van der Waals surface area contributed by atoms with E-state index in [1.807, 2.05) is 45.0 Å². The van der Waals surface area contributed by atoms with Crippen molar-refractivity contribution in [1.29, 1.82) is 0 Å². The minimum absolute atomic E-state index is 0.149. The first-order valence-corrected chi connectivity index (χ1v) is 16.1. The molecule has 2 amide bonds. The summed E-state index contributed by atoms with van der Waals surface area (Å²) in [4.78, 5) is 39.7. The quantitative estimate of drug-likeness (QED) is 0.341. The molecule has 2 heterocycles. The number of nitrogens with one attached hydrogen (secondary N) is 1. The van der Waals surface area contributed by atoms with Gasteiger partial charge in [-0.05, 0) is 62.2 Å². The molecule has 2 aliphatic rings. The Morgan fingerprint density at radius 2 is 1.79 bits per heavy atom. The number of nitrogens with zero attached hydrogens (tertiary/aromatic N) is 2. The van der Waals surface area contributed by atoms with E-state index < -0.39 is 20.0 Å². The molecule has 1 N–H and O–H groups in total. The van der Waals surface area contributed by atoms with Crippen LogP contribution in [0.5, 0.6) is 0 Å². The van der Waals surface area contributed by atoms with Crippen LogP contribution in [0.25, 0.3) is 5.57 Å². The van der Waals surface area contributed by atoms with Crippen molar-refractivity contribution in [2.45, 2.75) is 77.8 Å². The molecule has 210 valence electrons. The van der Waals surface area contributed by atoms with Gasteiger partial charge in [0, 0.05) is 25.7 Å². The Bertz CT molecular complexity index is 1060. The average Bonchev–Trinajstić information content (AvgIpc) is 3.41. The summed E-state index contributed by atoms with van der Waals surface area (Å²) in [5.41, 5.74) is 2.58. The van der Waals surface area contributed by atoms with E-state index in [-0.39, 0.29) is 23.0 Å². The molecular formula is C28H43N3O6Si. The highest BCUT2D eigenvalue weighted by Crippen LogP contribution is 2.42. The molecule has 9 nitrogen and oxygen atoms in total. The lowest BCUT2D eigenvalue weighted by atomic mass is 10.1. The number of rotatable bonds is 10. The molecule has 2 aliphatic heterocycles. The summed E-state index contributed by atoms with van der Waals surface area (Å²) >= 11 is 0. The molecule has 1 saturated heterocycles. The first-order chi connectivity index (χ1) is 17.6. The smallest absolute Gasteiger partial charge is 0.414 e. The molecule has 0 aromatic heterocycles. The Labute approximate surface area is 227 Å². The van der Waals surface area contributed by atoms with Gasteiger partial charge >= 0.3 is 12.1 Å². The van der Waals surface area contributed by atoms with Gasteiger partial charge in [-0.25, -0.2) is 4.79 Å². The van der Waals surface area contributed by atoms with Crippen molar-refractivity contribution in [2.24, 2.45) is 0 Å². The maximum Gasteiger partial charge on any atom is 0.414 e. The Balaban J connectivity index is 1.51. The third kappa shape index (κ3) is 7.91. The number of esters is 1. The van der Waals surface area contributed by atoms with Gasteiger partial charge in [0.05, 0.1) is 26.2 Å². The van der Waals surface area contributed by atoms with Gasteiger partial charge in [-0.3, -0.25) is 19.4 Å². The van der Waals surface area contributed by atoms with Crippen molar-refractivity contribution in [3.63, 3.8) is 0 Å². The molecule has 1 aromatic rings. The van der Waals surface area contributed by atoms with E-state index in [0.29, 0.717) is 26.2 Å². The molecule has 0 aliphatic carbocycles. The predicted molar refractivity (Wildman–Crippen MR) is 150 cm³/mol. The first-order valence-electron chi connectivity index (χ1n) is 13.2. The van der Waals surface area contributed by atoms with Crippen LogP contribution >= 0.6 is 0 Å². The number of carbonyl (C=O) groups is 3. The third-order valence-electron chi connectivity index (χ3n) is 7.24. The van der Waals surface area contributed by atoms with E-state index in [2.05, 4.69) is 43.2 Å². The molecule has 1 atom stereocenters. The molecule has 38 heavy (non-hydrogen) atoms. The fourth-order valence-electron chi connectivity index (χ4n) is 4.27. The third-order valence-corrected chi connectivity index (χ3v) is 11.5. The largest absolute Gasteiger partial charge is 0.460 e. The zero-order valence-corrected chi connectivity index (χ0v) is 25.1. The van der Waals surface area contributed by atoms with E-state index in [4.69, 9.17) is 13.9 Å². The maximum absolute atomic E-state index is 12.5. The fourth-order valence-corrected chi connectivity index (χ4v) is 5.73. The SMILES string of the molecule is CC(=O)NC[C@H]1CN(c2ccc(C3=CCN(CO[Si](C)(C)C(C)(C)CC(=O)OC(C)(C)C)C3)cc2)C(=O)O1. The molecule has 0 saturated carbocycles. The molecule has 1 fully saturated rings. The molecular weight excluding hydrogens is 502 g/mol. The van der Waals surface area contributed by atoms with Crippen molar-refractivity contribution in [3.05, 3.63) is 35.9 Å². The van der Waals surface area contributed by atoms with Crippen LogP contribution < -0.4 is 10.2 Å². The molecule has 0 radical (unpaired) electrons. The summed E-state index contributed by atoms with van der Waals surface area (Å²) in [7, 11) is -2.22. The van der Waals surface area contributed by atoms with Crippen LogP contribution in [0.3, 0.4) is 0 Å². The van der Waals surface area contributed by atoms with Crippen LogP contribution in [0.4, 0.5) is 10.5 Å². The van der Waals surface area contributed by atoms with Crippen molar-refractivity contribution in [3.8, 4) is 0 Å². The van der Waals surface area contributed by atoms with Crippen LogP contribution in [0.15, 0.2) is 30.3 Å². The molecule has 1 aromatic carbocycles. The van der Waals surface area contributed by atoms with Crippen LogP contribution in [0, 0.1) is 0 Å². The lowest BCUT2D eigenvalue weighted by Crippen LogP contribution is -2.46. The normalized spacial score (nSPS) is 18.8. The van der Waals surface area contributed by atoms with Gasteiger partial charge in [0.25, 0.3) is 0 Å². The number of benzene rings is 1. The number of amides is 2. The minimum Gasteiger partial charge on any atom is -0.460 e. The van der Waals surface area contributed by atoms with Crippen molar-refractivity contribution in [1.82, 2.24) is 10.2 Å². The summed E-state index contributed by atoms with van der Waals surface area (Å²) < 4.78 is 17.4. The van der Waals surface area contributed by atoms with Crippen molar-refractivity contribution in [2.75, 3.05) is 37.8 Å². The summed E-state index contributed by atoms with van der Waals surface area (Å²) in [6.07, 6.45) is 1.77. The highest BCUT2D eigenvalue weighted by Gasteiger charge is 2.44. The number of carbonyl (C=O) groups excluding carboxylic acids is 3. The molecule has 0 unspecified atom stereocenters. The monoisotopic (exact) mass is 545 g/mol. The fraction of sp³-hybridized carbons (Fsp3) is 0.607. The van der Waals surface area contributed by atoms with E-state index in [9.17, 15) is 14.4 Å². The van der Waals surface area contributed by atoms with Crippen molar-refractivity contribution < 1.29 is 28.3 Å². The second-order valence-electron chi connectivity index (χ2n) is 12.3. The summed E-state index contributed by atoms with van der Waals surface area (Å²) in [6.45, 7) is 18.4. The Morgan fingerprint density at radius 3 is 2.39 bits per heavy atom. The molecule has 10 heteroatoms. The first kappa shape index (κ1) is 29.9. The summed E-state index contributed by atoms with van der Waals surface area (Å²) in [6, 6.07) is 7.88. The number of ether oxygens (including phenoxy) is 2. The Hall–Kier alpha value is -2.69. The van der Waals surface area contributed by atoms with Crippen LogP contribution in [0.2, 0.25) is 18.1 Å². The van der Waals surface area contributed by atoms with Gasteiger partial charge in [0.2, 0.25) is 5.91 Å². The van der Waals surface area contributed by atoms with E-state index in [1.165, 1.54) is 12.5 Å². The second kappa shape index (κ2) is 11.6. The minimum atomic E-state index is -2.22. The van der Waals surface area contributed by atoms with Gasteiger partial charge in [-0.2, -0.15) is 0 Å². The van der Waals surface area contributed by atoms with Gasteiger partial charge in [-0.1, -0.05) is 32.1 Å². The lowest BCUT2D eigenvalue weighted by molar-refractivity contribution is -0.155. The summed E-state index contributed by atoms with van der Waals surface area (Å²) in [5.74, 6) is -0.339. The van der Waals surface area contributed by atoms with E-state index in [1.54, 1.807) is 4.90 Å². The molecule has 0 spiro atoms. The van der Waals surface area contributed by atoms with Crippen LogP contribution in [0.1, 0.15) is 53.5 Å². The Morgan fingerprint density at radius 1 is 1.13 bits per heavy atom. The van der Waals surface area contributed by atoms with Crippen molar-refractivity contribution >= 4 is 37.5 Å². The zero-order valence-electron chi connectivity index (χ0n) is 24.1. The predicted octanol–water partition coefficient (Wildman–Crippen LogP) is 4.54. The number of anilines is 1. The standard InChI is InChI=1S/C28H43N3O6Si/c1-20(32)29-16-24-18-31(26(34)36-24)23-11-9-21(10-12-23)22-13-14-30(17-22)19-35-38(7,8)28(5,6)15-25(33)37-27(2,3)4/h9-13,24H,14-19H2,1-8H3,(H,29,32)/t24-/m0/s1. The van der Waals surface area contributed by atoms with Gasteiger partial charge < -0.3 is 19.2 Å². The maximum atomic E-state index is 12.5. The number of cyclic esters (lactones) is 1. The molecule has 0 bridgehead atoms. The van der Waals surface area contributed by atoms with Crippen LogP contribution in [-0.2, 0) is 23.5 Å². The van der Waals surface area contributed by atoms with E-state index >= 15 is 0 Å². The average molecular weight is 546 g/mol. The van der Waals surface area contributed by atoms with E-state index in [0.717, 1.165) is 24.3 Å². The van der Waals surface area contributed by atoms with Gasteiger partial charge in [0.15, 0.2) is 8.32 Å². The topological polar surface area (TPSA) is 97.4 Å². The summed E-state index contributed by atoms with van der Waals surface area (Å²) in [5, 5.41) is 2.41. The van der Waals surface area contributed by atoms with Gasteiger partial charge in [-0.15, -0.1) is 0 Å². The highest BCUT2D eigenvalue weighted by molar-refractivity contribution is 6.74.